The van der Waals surface area contributed by atoms with E-state index in [1.807, 2.05) is 0 Å². The van der Waals surface area contributed by atoms with Crippen molar-refractivity contribution in [2.45, 2.75) is 20.3 Å². The number of benzene rings is 1. The maximum atomic E-state index is 13.1. The lowest BCUT2D eigenvalue weighted by molar-refractivity contribution is -0.385. The van der Waals surface area contributed by atoms with E-state index in [2.05, 4.69) is 0 Å². The zero-order valence-electron chi connectivity index (χ0n) is 9.67. The molecule has 0 amide bonds. The zero-order valence-corrected chi connectivity index (χ0v) is 9.67. The molecule has 0 atom stereocenters. The van der Waals surface area contributed by atoms with E-state index in [1.165, 1.54) is 0 Å². The first-order valence-corrected chi connectivity index (χ1v) is 5.09. The van der Waals surface area contributed by atoms with Crippen LogP contribution >= 0.6 is 0 Å². The molecule has 0 unspecified atom stereocenters. The minimum Gasteiger partial charge on any atom is -0.330 e. The Labute approximate surface area is 97.6 Å². The molecule has 0 aliphatic carbocycles. The third-order valence-corrected chi connectivity index (χ3v) is 2.54. The summed E-state index contributed by atoms with van der Waals surface area (Å²) in [6, 6.07) is 1.47. The van der Waals surface area contributed by atoms with E-state index >= 15 is 0 Å². The van der Waals surface area contributed by atoms with Gasteiger partial charge in [0.1, 0.15) is 0 Å². The van der Waals surface area contributed by atoms with E-state index in [9.17, 15) is 18.9 Å². The van der Waals surface area contributed by atoms with E-state index in [0.29, 0.717) is 12.6 Å². The van der Waals surface area contributed by atoms with Crippen molar-refractivity contribution >= 4 is 5.69 Å². The van der Waals surface area contributed by atoms with Gasteiger partial charge in [-0.15, -0.1) is 0 Å². The Bertz CT molecular complexity index is 447. The van der Waals surface area contributed by atoms with E-state index in [1.54, 1.807) is 13.8 Å². The van der Waals surface area contributed by atoms with Crippen molar-refractivity contribution in [1.82, 2.24) is 0 Å². The molecule has 1 aromatic carbocycles. The summed E-state index contributed by atoms with van der Waals surface area (Å²) in [5.74, 6) is -2.30. The van der Waals surface area contributed by atoms with Crippen LogP contribution in [0.1, 0.15) is 19.4 Å². The molecule has 1 rings (SSSR count). The lowest BCUT2D eigenvalue weighted by Crippen LogP contribution is -2.26. The zero-order chi connectivity index (χ0) is 13.2. The topological polar surface area (TPSA) is 69.2 Å². The van der Waals surface area contributed by atoms with Gasteiger partial charge in [0.25, 0.3) is 5.69 Å². The summed E-state index contributed by atoms with van der Waals surface area (Å²) in [7, 11) is 0. The number of hydrogen-bond acceptors (Lipinski definition) is 3. The van der Waals surface area contributed by atoms with Crippen LogP contribution in [0.2, 0.25) is 0 Å². The van der Waals surface area contributed by atoms with Gasteiger partial charge in [0, 0.05) is 5.56 Å². The second kappa shape index (κ2) is 4.75. The van der Waals surface area contributed by atoms with E-state index in [-0.39, 0.29) is 12.0 Å². The lowest BCUT2D eigenvalue weighted by Gasteiger charge is -2.22. The molecule has 0 heterocycles. The highest BCUT2D eigenvalue weighted by Gasteiger charge is 2.24. The predicted molar refractivity (Wildman–Crippen MR) is 59.6 cm³/mol. The number of nitrogens with two attached hydrogens (primary N) is 1. The minimum absolute atomic E-state index is 0.157. The lowest BCUT2D eigenvalue weighted by atomic mass is 9.85. The van der Waals surface area contributed by atoms with E-state index in [4.69, 9.17) is 5.73 Å². The number of rotatable bonds is 4. The third kappa shape index (κ3) is 3.20. The molecule has 0 saturated heterocycles. The molecule has 4 nitrogen and oxygen atoms in total. The summed E-state index contributed by atoms with van der Waals surface area (Å²) in [5, 5.41) is 10.7. The standard InChI is InChI=1S/C11H14F2N2O2/c1-11(2,6-14)5-7-3-8(12)9(13)4-10(7)15(16)17/h3-4H,5-6,14H2,1-2H3. The number of nitro benzene ring substituents is 1. The van der Waals surface area contributed by atoms with E-state index in [0.717, 1.165) is 6.07 Å². The molecule has 1 aromatic rings. The Morgan fingerprint density at radius 3 is 2.35 bits per heavy atom. The molecular weight excluding hydrogens is 230 g/mol. The summed E-state index contributed by atoms with van der Waals surface area (Å²) < 4.78 is 26.0. The second-order valence-corrected chi connectivity index (χ2v) is 4.70. The van der Waals surface area contributed by atoms with Crippen LogP contribution in [0.25, 0.3) is 0 Å². The van der Waals surface area contributed by atoms with Crippen LogP contribution in [0.4, 0.5) is 14.5 Å². The summed E-state index contributed by atoms with van der Waals surface area (Å²) in [6.45, 7) is 3.90. The molecular formula is C11H14F2N2O2. The molecule has 6 heteroatoms. The molecule has 0 spiro atoms. The second-order valence-electron chi connectivity index (χ2n) is 4.70. The fourth-order valence-electron chi connectivity index (χ4n) is 1.48. The highest BCUT2D eigenvalue weighted by molar-refractivity contribution is 5.41. The number of halogens is 2. The Hall–Kier alpha value is -1.56. The van der Waals surface area contributed by atoms with Crippen LogP contribution in [-0.4, -0.2) is 11.5 Å². The first-order chi connectivity index (χ1) is 7.76. The molecule has 2 N–H and O–H groups in total. The van der Waals surface area contributed by atoms with Crippen molar-refractivity contribution < 1.29 is 13.7 Å². The predicted octanol–water partition coefficient (Wildman–Crippen LogP) is 2.40. The average molecular weight is 244 g/mol. The van der Waals surface area contributed by atoms with Crippen LogP contribution in [0, 0.1) is 27.2 Å². The minimum atomic E-state index is -1.22. The quantitative estimate of drug-likeness (QED) is 0.653. The first kappa shape index (κ1) is 13.5. The van der Waals surface area contributed by atoms with Gasteiger partial charge in [0.05, 0.1) is 11.0 Å². The Morgan fingerprint density at radius 1 is 1.35 bits per heavy atom. The van der Waals surface area contributed by atoms with Crippen LogP contribution in [0.5, 0.6) is 0 Å². The highest BCUT2D eigenvalue weighted by Crippen LogP contribution is 2.28. The van der Waals surface area contributed by atoms with Crippen molar-refractivity contribution in [3.05, 3.63) is 39.4 Å². The average Bonchev–Trinajstić information content (AvgIpc) is 2.22. The van der Waals surface area contributed by atoms with Gasteiger partial charge in [0.15, 0.2) is 11.6 Å². The SMILES string of the molecule is CC(C)(CN)Cc1cc(F)c(F)cc1[N+](=O)[O-]. The summed E-state index contributed by atoms with van der Waals surface area (Å²) in [5.41, 5.74) is 4.85. The van der Waals surface area contributed by atoms with Gasteiger partial charge in [-0.05, 0) is 24.4 Å². The normalized spacial score (nSPS) is 11.6. The number of nitro groups is 1. The van der Waals surface area contributed by atoms with Crippen molar-refractivity contribution in [3.8, 4) is 0 Å². The molecule has 0 fully saturated rings. The maximum absolute atomic E-state index is 13.1. The molecule has 0 radical (unpaired) electrons. The fourth-order valence-corrected chi connectivity index (χ4v) is 1.48. The maximum Gasteiger partial charge on any atom is 0.275 e. The monoisotopic (exact) mass is 244 g/mol. The molecule has 17 heavy (non-hydrogen) atoms. The number of hydrogen-bond donors (Lipinski definition) is 1. The third-order valence-electron chi connectivity index (χ3n) is 2.54. The highest BCUT2D eigenvalue weighted by atomic mass is 19.2. The molecule has 0 aliphatic rings. The van der Waals surface area contributed by atoms with Crippen molar-refractivity contribution in [2.75, 3.05) is 6.54 Å². The summed E-state index contributed by atoms with van der Waals surface area (Å²) in [6.07, 6.45) is 0.219. The number of nitrogens with zero attached hydrogens (tertiary/aromatic N) is 1. The largest absolute Gasteiger partial charge is 0.330 e. The van der Waals surface area contributed by atoms with Crippen molar-refractivity contribution in [2.24, 2.45) is 11.1 Å². The summed E-state index contributed by atoms with van der Waals surface area (Å²) in [4.78, 5) is 10.0. The van der Waals surface area contributed by atoms with Crippen molar-refractivity contribution in [1.29, 1.82) is 0 Å². The molecule has 0 aromatic heterocycles. The first-order valence-electron chi connectivity index (χ1n) is 5.09. The van der Waals surface area contributed by atoms with Crippen LogP contribution in [-0.2, 0) is 6.42 Å². The van der Waals surface area contributed by atoms with Crippen LogP contribution in [0.15, 0.2) is 12.1 Å². The molecule has 94 valence electrons. The smallest absolute Gasteiger partial charge is 0.275 e. The van der Waals surface area contributed by atoms with E-state index < -0.39 is 27.7 Å². The van der Waals surface area contributed by atoms with Gasteiger partial charge in [-0.3, -0.25) is 10.1 Å². The van der Waals surface area contributed by atoms with Gasteiger partial charge < -0.3 is 5.73 Å². The van der Waals surface area contributed by atoms with Gasteiger partial charge in [0.2, 0.25) is 0 Å². The van der Waals surface area contributed by atoms with Crippen LogP contribution in [0.3, 0.4) is 0 Å². The van der Waals surface area contributed by atoms with Gasteiger partial charge in [-0.2, -0.15) is 0 Å². The summed E-state index contributed by atoms with van der Waals surface area (Å²) >= 11 is 0. The Kier molecular flexibility index (Phi) is 3.77. The van der Waals surface area contributed by atoms with Crippen LogP contribution < -0.4 is 5.73 Å². The van der Waals surface area contributed by atoms with Gasteiger partial charge >= 0.3 is 0 Å². The Morgan fingerprint density at radius 2 is 1.88 bits per heavy atom. The molecule has 0 bridgehead atoms. The Balaban J connectivity index is 3.22. The molecule has 0 aliphatic heterocycles. The van der Waals surface area contributed by atoms with Gasteiger partial charge in [-0.1, -0.05) is 13.8 Å². The molecule has 0 saturated carbocycles. The van der Waals surface area contributed by atoms with Crippen molar-refractivity contribution in [3.63, 3.8) is 0 Å². The van der Waals surface area contributed by atoms with Gasteiger partial charge in [-0.25, -0.2) is 8.78 Å². The fraction of sp³-hybridized carbons (Fsp3) is 0.455.